The van der Waals surface area contributed by atoms with E-state index in [-0.39, 0.29) is 57.3 Å². The Balaban J connectivity index is 1.37. The number of benzene rings is 4. The van der Waals surface area contributed by atoms with Gasteiger partial charge in [0.15, 0.2) is 28.8 Å². The Kier molecular flexibility index (Phi) is 9.90. The quantitative estimate of drug-likeness (QED) is 0.0784. The van der Waals surface area contributed by atoms with Crippen molar-refractivity contribution in [2.75, 3.05) is 31.0 Å². The third-order valence-corrected chi connectivity index (χ3v) is 14.4. The molecule has 2 amide bonds. The normalized spacial score (nSPS) is 24.8. The molecule has 16 heteroatoms. The molecule has 0 unspecified atom stereocenters. The fourth-order valence-corrected chi connectivity index (χ4v) is 10.9. The molecule has 0 radical (unpaired) electrons. The lowest BCUT2D eigenvalue weighted by Crippen LogP contribution is -2.59. The molecular formula is C43H34Br2N4O10. The van der Waals surface area contributed by atoms with Crippen molar-refractivity contribution in [2.24, 2.45) is 23.7 Å². The Morgan fingerprint density at radius 2 is 1.47 bits per heavy atom. The van der Waals surface area contributed by atoms with E-state index >= 15 is 9.59 Å². The largest absolute Gasteiger partial charge is 0.503 e. The van der Waals surface area contributed by atoms with Gasteiger partial charge >= 0.3 is 11.4 Å². The first-order valence-electron chi connectivity index (χ1n) is 18.5. The molecule has 2 fully saturated rings. The molecule has 0 aromatic heterocycles. The number of hydrogen-bond donors (Lipinski definition) is 1. The average molecular weight is 927 g/mol. The number of ketones is 2. The fourth-order valence-electron chi connectivity index (χ4n) is 9.91. The summed E-state index contributed by atoms with van der Waals surface area (Å²) in [6.07, 6.45) is 3.21. The molecule has 1 saturated carbocycles. The third kappa shape index (κ3) is 5.86. The lowest BCUT2D eigenvalue weighted by atomic mass is 9.44. The molecule has 8 rings (SSSR count). The van der Waals surface area contributed by atoms with Crippen LogP contribution in [0.25, 0.3) is 5.57 Å². The second-order valence-corrected chi connectivity index (χ2v) is 16.8. The summed E-state index contributed by atoms with van der Waals surface area (Å²) in [4.78, 5) is 85.0. The minimum Gasteiger partial charge on any atom is -0.503 e. The van der Waals surface area contributed by atoms with Gasteiger partial charge < -0.3 is 14.7 Å². The number of ether oxygens (including phenoxy) is 1. The number of amides is 2. The number of rotatable bonds is 8. The van der Waals surface area contributed by atoms with Crippen LogP contribution in [0.3, 0.4) is 0 Å². The zero-order chi connectivity index (χ0) is 42.2. The molecule has 3 aliphatic carbocycles. The Bertz CT molecular complexity index is 2560. The number of nitrogens with zero attached hydrogens (tertiary/aromatic N) is 4. The Hall–Kier alpha value is -6.00. The molecule has 1 heterocycles. The van der Waals surface area contributed by atoms with Gasteiger partial charge in [0.05, 0.1) is 44.4 Å². The maximum atomic E-state index is 15.4. The summed E-state index contributed by atoms with van der Waals surface area (Å²) in [6, 6.07) is 21.3. The summed E-state index contributed by atoms with van der Waals surface area (Å²) in [7, 11) is 4.20. The molecule has 1 aliphatic heterocycles. The fraction of sp³-hybridized carbons (Fsp3) is 0.256. The van der Waals surface area contributed by atoms with Crippen LogP contribution in [0, 0.1) is 43.9 Å². The summed E-state index contributed by atoms with van der Waals surface area (Å²) >= 11 is 7.15. The van der Waals surface area contributed by atoms with Gasteiger partial charge in [0.1, 0.15) is 0 Å². The van der Waals surface area contributed by atoms with Crippen LogP contribution in [-0.4, -0.2) is 59.5 Å². The van der Waals surface area contributed by atoms with Crippen molar-refractivity contribution in [3.8, 4) is 11.5 Å². The number of fused-ring (bicyclic) bond motifs is 4. The molecule has 300 valence electrons. The van der Waals surface area contributed by atoms with Crippen LogP contribution >= 0.6 is 31.9 Å². The van der Waals surface area contributed by atoms with Crippen molar-refractivity contribution in [1.29, 1.82) is 0 Å². The number of hydrogen-bond acceptors (Lipinski definition) is 11. The van der Waals surface area contributed by atoms with E-state index in [1.807, 2.05) is 6.08 Å². The number of Topliss-reactive ketones (excluding diaryl/α,β-unsaturated/α-hetero) is 1. The van der Waals surface area contributed by atoms with Crippen molar-refractivity contribution < 1.29 is 38.9 Å². The maximum Gasteiger partial charge on any atom is 0.301 e. The number of methoxy groups -OCH3 is 1. The Morgan fingerprint density at radius 3 is 2.05 bits per heavy atom. The Morgan fingerprint density at radius 1 is 0.864 bits per heavy atom. The minimum atomic E-state index is -1.59. The van der Waals surface area contributed by atoms with E-state index in [4.69, 9.17) is 4.74 Å². The topological polar surface area (TPSA) is 190 Å². The van der Waals surface area contributed by atoms with Crippen LogP contribution in [0.2, 0.25) is 0 Å². The summed E-state index contributed by atoms with van der Waals surface area (Å²) in [5.74, 6) is -7.27. The molecular weight excluding hydrogens is 892 g/mol. The van der Waals surface area contributed by atoms with Crippen LogP contribution in [0.1, 0.15) is 35.4 Å². The lowest BCUT2D eigenvalue weighted by Gasteiger charge is -2.55. The second-order valence-electron chi connectivity index (χ2n) is 15.2. The SMILES string of the molecule is COc1cc([C@H]2C3=CC[C@@H]4C(=O)N(c5cc([N+](=O)[O-])c(N(C)C)c([N+](=O)[O-])c5)C(=O)[C@@H]4[C@@H]3C[C@H]3C(=O)C(c4ccccc4)=CC(=O)[C@@]23c2ccccc2)c(Br)c(Br)c1O. The number of carbonyl (C=O) groups is 4. The van der Waals surface area contributed by atoms with E-state index < -0.39 is 68.0 Å². The number of phenolic OH excluding ortho intramolecular Hbond substituents is 1. The monoisotopic (exact) mass is 924 g/mol. The van der Waals surface area contributed by atoms with Gasteiger partial charge in [-0.15, -0.1) is 0 Å². The van der Waals surface area contributed by atoms with Crippen molar-refractivity contribution in [2.45, 2.75) is 24.2 Å². The van der Waals surface area contributed by atoms with Crippen molar-refractivity contribution >= 4 is 83.6 Å². The zero-order valence-corrected chi connectivity index (χ0v) is 34.8. The van der Waals surface area contributed by atoms with E-state index in [1.54, 1.807) is 66.7 Å². The van der Waals surface area contributed by atoms with E-state index in [2.05, 4.69) is 31.9 Å². The number of nitro benzene ring substituents is 2. The van der Waals surface area contributed by atoms with E-state index in [1.165, 1.54) is 32.2 Å². The minimum absolute atomic E-state index is 0.0187. The standard InChI is InChI=1S/C43H34Br2N4O10/c1-46(2)38-30(48(55)56)16-23(17-31(38)49(57)58)47-41(53)25-15-14-24-27(34(25)42(47)54)18-29-39(51)26(21-10-6-4-7-11-21)20-33(50)43(29,22-12-8-5-9-13-22)35(24)28-19-32(59-3)40(52)37(45)36(28)44/h4-14,16-17,19-20,25,27,29,34-35,52H,15,18H2,1-3H3/t25-,27+,29-,34-,35+,43-/m0/s1. The van der Waals surface area contributed by atoms with Gasteiger partial charge in [-0.3, -0.25) is 39.4 Å². The molecule has 59 heavy (non-hydrogen) atoms. The van der Waals surface area contributed by atoms with Crippen molar-refractivity contribution in [3.63, 3.8) is 0 Å². The van der Waals surface area contributed by atoms with Gasteiger partial charge in [-0.2, -0.15) is 0 Å². The van der Waals surface area contributed by atoms with Gasteiger partial charge in [0.25, 0.3) is 0 Å². The zero-order valence-electron chi connectivity index (χ0n) is 31.6. The van der Waals surface area contributed by atoms with Crippen molar-refractivity contribution in [3.05, 3.63) is 142 Å². The molecule has 1 saturated heterocycles. The molecule has 6 atom stereocenters. The highest BCUT2D eigenvalue weighted by Gasteiger charge is 2.66. The van der Waals surface area contributed by atoms with Crippen LogP contribution in [0.5, 0.6) is 11.5 Å². The predicted octanol–water partition coefficient (Wildman–Crippen LogP) is 7.84. The van der Waals surface area contributed by atoms with Crippen LogP contribution < -0.4 is 14.5 Å². The van der Waals surface area contributed by atoms with Crippen molar-refractivity contribution in [1.82, 2.24) is 0 Å². The van der Waals surface area contributed by atoms with Crippen LogP contribution in [-0.2, 0) is 24.6 Å². The highest BCUT2D eigenvalue weighted by atomic mass is 79.9. The molecule has 4 aromatic carbocycles. The number of phenols is 1. The smallest absolute Gasteiger partial charge is 0.301 e. The number of halogens is 2. The first kappa shape index (κ1) is 39.8. The first-order valence-corrected chi connectivity index (χ1v) is 20.1. The van der Waals surface area contributed by atoms with E-state index in [0.29, 0.717) is 26.7 Å². The highest BCUT2D eigenvalue weighted by Crippen LogP contribution is 2.65. The number of allylic oxidation sites excluding steroid dienone is 4. The van der Waals surface area contributed by atoms with Gasteiger partial charge in [-0.05, 0) is 79.5 Å². The number of nitro groups is 2. The Labute approximate surface area is 353 Å². The maximum absolute atomic E-state index is 15.4. The number of anilines is 2. The average Bonchev–Trinajstić information content (AvgIpc) is 3.49. The number of imide groups is 1. The van der Waals surface area contributed by atoms with Gasteiger partial charge in [-0.1, -0.05) is 72.3 Å². The van der Waals surface area contributed by atoms with Gasteiger partial charge in [-0.25, -0.2) is 4.90 Å². The second kappa shape index (κ2) is 14.7. The molecule has 0 spiro atoms. The van der Waals surface area contributed by atoms with Gasteiger partial charge in [0.2, 0.25) is 11.8 Å². The van der Waals surface area contributed by atoms with Crippen LogP contribution in [0.15, 0.2) is 106 Å². The summed E-state index contributed by atoms with van der Waals surface area (Å²) in [5.41, 5.74) is -1.20. The lowest BCUT2D eigenvalue weighted by molar-refractivity contribution is -0.392. The molecule has 0 bridgehead atoms. The number of aromatic hydroxyl groups is 1. The molecule has 4 aromatic rings. The van der Waals surface area contributed by atoms with Gasteiger partial charge in [0, 0.05) is 48.1 Å². The molecule has 14 nitrogen and oxygen atoms in total. The molecule has 1 N–H and O–H groups in total. The van der Waals surface area contributed by atoms with Crippen LogP contribution in [0.4, 0.5) is 22.7 Å². The summed E-state index contributed by atoms with van der Waals surface area (Å²) < 4.78 is 6.19. The summed E-state index contributed by atoms with van der Waals surface area (Å²) in [5, 5.41) is 35.6. The third-order valence-electron chi connectivity index (χ3n) is 12.2. The van der Waals surface area contributed by atoms with E-state index in [9.17, 15) is 34.9 Å². The molecule has 4 aliphatic rings. The highest BCUT2D eigenvalue weighted by molar-refractivity contribution is 9.13. The predicted molar refractivity (Wildman–Crippen MR) is 223 cm³/mol. The summed E-state index contributed by atoms with van der Waals surface area (Å²) in [6.45, 7) is 0. The van der Waals surface area contributed by atoms with E-state index in [0.717, 1.165) is 17.0 Å². The number of carbonyl (C=O) groups excluding carboxylic acids is 4. The first-order chi connectivity index (χ1) is 28.1.